The summed E-state index contributed by atoms with van der Waals surface area (Å²) in [7, 11) is 0. The van der Waals surface area contributed by atoms with E-state index < -0.39 is 5.41 Å². The molecule has 456 valence electrons. The van der Waals surface area contributed by atoms with Crippen molar-refractivity contribution in [3.63, 3.8) is 0 Å². The van der Waals surface area contributed by atoms with Crippen LogP contribution in [0.1, 0.15) is 144 Å². The molecule has 12 aromatic carbocycles. The predicted molar refractivity (Wildman–Crippen MR) is 396 cm³/mol. The van der Waals surface area contributed by atoms with E-state index in [1.807, 2.05) is 0 Å². The fourth-order valence-corrected chi connectivity index (χ4v) is 14.6. The summed E-state index contributed by atoms with van der Waals surface area (Å²) in [6.07, 6.45) is 0. The van der Waals surface area contributed by atoms with E-state index in [2.05, 4.69) is 365 Å². The van der Waals surface area contributed by atoms with Crippen molar-refractivity contribution < 1.29 is 0 Å². The second-order valence-electron chi connectivity index (χ2n) is 30.4. The van der Waals surface area contributed by atoms with Crippen LogP contribution in [0.25, 0.3) is 100 Å². The lowest BCUT2D eigenvalue weighted by atomic mass is 9.66. The maximum atomic E-state index is 2.53. The second-order valence-corrected chi connectivity index (χ2v) is 30.4. The number of benzene rings is 12. The largest absolute Gasteiger partial charge is 0.0714 e. The first-order chi connectivity index (χ1) is 43.8. The zero-order valence-corrected chi connectivity index (χ0v) is 56.8. The van der Waals surface area contributed by atoms with Crippen LogP contribution >= 0.6 is 0 Å². The lowest BCUT2D eigenvalue weighted by molar-refractivity contribution is 0.590. The third-order valence-electron chi connectivity index (χ3n) is 19.7. The average molecular weight is 1190 g/mol. The molecule has 0 nitrogen and oxygen atoms in total. The molecule has 1 aliphatic rings. The molecule has 0 N–H and O–H groups in total. The smallest absolute Gasteiger partial charge is 0.0622 e. The summed E-state index contributed by atoms with van der Waals surface area (Å²) >= 11 is 0. The Morgan fingerprint density at radius 3 is 0.902 bits per heavy atom. The van der Waals surface area contributed by atoms with Gasteiger partial charge in [-0.3, -0.25) is 0 Å². The van der Waals surface area contributed by atoms with Gasteiger partial charge in [-0.2, -0.15) is 0 Å². The van der Waals surface area contributed by atoms with Gasteiger partial charge in [-0.15, -0.1) is 0 Å². The lowest BCUT2D eigenvalue weighted by Gasteiger charge is -2.35. The first kappa shape index (κ1) is 61.5. The van der Waals surface area contributed by atoms with Crippen LogP contribution in [-0.4, -0.2) is 0 Å². The van der Waals surface area contributed by atoms with Crippen LogP contribution in [0.3, 0.4) is 0 Å². The van der Waals surface area contributed by atoms with E-state index in [0.29, 0.717) is 0 Å². The van der Waals surface area contributed by atoms with E-state index in [1.54, 1.807) is 0 Å². The monoisotopic (exact) mass is 1190 g/mol. The van der Waals surface area contributed by atoms with E-state index in [0.717, 1.165) is 0 Å². The molecule has 13 rings (SSSR count). The lowest BCUT2D eigenvalue weighted by Crippen LogP contribution is -2.29. The summed E-state index contributed by atoms with van der Waals surface area (Å²) in [5, 5.41) is 0. The SMILES string of the molecule is Cc1cc(C)c(-c2cccc3c2-c2ccc(-c4ccccc4)cc2C3(c2cccc(-c3cc(-c4ccc(C(C)(C)C)cc4)cc(-c4ccc(C(C)(C)C)cc4)c3)c2)c2cccc(-c3cc(-c4ccc(C(C)(C)C)cc4)cc(-c4ccc(C(C)(C)C)cc4)c3)c2)c(C)c1. The van der Waals surface area contributed by atoms with Gasteiger partial charge in [0.05, 0.1) is 5.41 Å². The molecule has 0 aromatic heterocycles. The van der Waals surface area contributed by atoms with Crippen molar-refractivity contribution in [2.24, 2.45) is 0 Å². The van der Waals surface area contributed by atoms with Crippen molar-refractivity contribution in [1.82, 2.24) is 0 Å². The fourth-order valence-electron chi connectivity index (χ4n) is 14.6. The zero-order chi connectivity index (χ0) is 64.6. The number of rotatable bonds is 10. The van der Waals surface area contributed by atoms with Gasteiger partial charge in [-0.1, -0.05) is 295 Å². The summed E-state index contributed by atoms with van der Waals surface area (Å²) in [4.78, 5) is 0. The van der Waals surface area contributed by atoms with Crippen molar-refractivity contribution in [2.45, 2.75) is 131 Å². The molecule has 0 heteroatoms. The van der Waals surface area contributed by atoms with Gasteiger partial charge < -0.3 is 0 Å². The molecule has 0 aliphatic heterocycles. The van der Waals surface area contributed by atoms with Crippen LogP contribution in [0.5, 0.6) is 0 Å². The molecule has 0 atom stereocenters. The minimum absolute atomic E-state index is 0.0406. The molecule has 0 unspecified atom stereocenters. The van der Waals surface area contributed by atoms with E-state index in [9.17, 15) is 0 Å². The highest BCUT2D eigenvalue weighted by Gasteiger charge is 2.48. The normalized spacial score (nSPS) is 13.0. The molecule has 0 saturated carbocycles. The topological polar surface area (TPSA) is 0 Å². The minimum atomic E-state index is -0.790. The first-order valence-corrected chi connectivity index (χ1v) is 33.2. The number of fused-ring (bicyclic) bond motifs is 3. The molecule has 0 saturated heterocycles. The summed E-state index contributed by atoms with van der Waals surface area (Å²) in [6.45, 7) is 34.3. The quantitative estimate of drug-likeness (QED) is 0.128. The van der Waals surface area contributed by atoms with Crippen molar-refractivity contribution in [2.75, 3.05) is 0 Å². The highest BCUT2D eigenvalue weighted by molar-refractivity contribution is 5.98. The molecule has 0 amide bonds. The van der Waals surface area contributed by atoms with Gasteiger partial charge in [0, 0.05) is 0 Å². The maximum absolute atomic E-state index is 2.53. The van der Waals surface area contributed by atoms with E-state index in [-0.39, 0.29) is 21.7 Å². The van der Waals surface area contributed by atoms with Crippen molar-refractivity contribution >= 4 is 0 Å². The Morgan fingerprint density at radius 2 is 0.533 bits per heavy atom. The van der Waals surface area contributed by atoms with E-state index in [1.165, 1.54) is 161 Å². The summed E-state index contributed by atoms with van der Waals surface area (Å²) in [5.74, 6) is 0. The molecule has 12 aromatic rings. The number of hydrogen-bond acceptors (Lipinski definition) is 0. The third-order valence-corrected chi connectivity index (χ3v) is 19.7. The van der Waals surface area contributed by atoms with Gasteiger partial charge in [0.1, 0.15) is 0 Å². The van der Waals surface area contributed by atoms with Crippen molar-refractivity contribution in [3.8, 4) is 100 Å². The van der Waals surface area contributed by atoms with Gasteiger partial charge in [-0.05, 0) is 253 Å². The van der Waals surface area contributed by atoms with Crippen molar-refractivity contribution in [1.29, 1.82) is 0 Å². The maximum Gasteiger partial charge on any atom is 0.0714 e. The van der Waals surface area contributed by atoms with Crippen LogP contribution in [0.4, 0.5) is 0 Å². The fraction of sp³-hybridized carbons (Fsp3) is 0.217. The van der Waals surface area contributed by atoms with Gasteiger partial charge in [-0.25, -0.2) is 0 Å². The molecule has 92 heavy (non-hydrogen) atoms. The molecular weight excluding hydrogens is 1110 g/mol. The van der Waals surface area contributed by atoms with Gasteiger partial charge in [0.25, 0.3) is 0 Å². The van der Waals surface area contributed by atoms with Crippen molar-refractivity contribution in [3.05, 3.63) is 322 Å². The highest BCUT2D eigenvalue weighted by atomic mass is 14.5. The van der Waals surface area contributed by atoms with Crippen LogP contribution in [-0.2, 0) is 27.1 Å². The van der Waals surface area contributed by atoms with E-state index >= 15 is 0 Å². The van der Waals surface area contributed by atoms with Gasteiger partial charge in [0.15, 0.2) is 0 Å². The van der Waals surface area contributed by atoms with Gasteiger partial charge >= 0.3 is 0 Å². The van der Waals surface area contributed by atoms with Crippen LogP contribution < -0.4 is 0 Å². The Labute approximate surface area is 549 Å². The summed E-state index contributed by atoms with van der Waals surface area (Å²) < 4.78 is 0. The molecule has 0 radical (unpaired) electrons. The summed E-state index contributed by atoms with van der Waals surface area (Å²) in [6, 6.07) is 101. The molecule has 0 fully saturated rings. The standard InChI is InChI=1S/C92H88/c1-59-48-60(2)86(61(3)49-59)83-28-21-29-84-87(83)82-47-38-69(62-22-17-16-18-23-62)58-85(82)92(84,80-26-19-24-67(56-80)74-52-70(63-30-39-76(40-31-63)88(4,5)6)50-71(53-74)64-32-41-77(42-33-64)89(7,8)9)81-27-20-25-68(57-81)75-54-72(65-34-43-78(44-35-65)90(10,11)12)51-73(55-75)66-36-45-79(46-37-66)91(13,14)15/h16-58H,1-15H3. The number of aryl methyl sites for hydroxylation is 3. The number of hydrogen-bond donors (Lipinski definition) is 0. The van der Waals surface area contributed by atoms with Crippen LogP contribution in [0.15, 0.2) is 261 Å². The molecule has 1 aliphatic carbocycles. The average Bonchev–Trinajstić information content (AvgIpc) is 1.51. The molecular formula is C92H88. The Kier molecular flexibility index (Phi) is 15.6. The second kappa shape index (κ2) is 23.4. The highest BCUT2D eigenvalue weighted by Crippen LogP contribution is 2.60. The van der Waals surface area contributed by atoms with Crippen LogP contribution in [0, 0.1) is 20.8 Å². The third kappa shape index (κ3) is 11.6. The molecule has 0 heterocycles. The predicted octanol–water partition coefficient (Wildman–Crippen LogP) is 25.5. The Bertz CT molecular complexity index is 4350. The minimum Gasteiger partial charge on any atom is -0.0622 e. The molecule has 0 bridgehead atoms. The van der Waals surface area contributed by atoms with Gasteiger partial charge in [0.2, 0.25) is 0 Å². The zero-order valence-electron chi connectivity index (χ0n) is 56.8. The molecule has 0 spiro atoms. The Balaban J connectivity index is 1.09. The first-order valence-electron chi connectivity index (χ1n) is 33.2. The Hall–Kier alpha value is -9.36. The van der Waals surface area contributed by atoms with E-state index in [4.69, 9.17) is 0 Å². The summed E-state index contributed by atoms with van der Waals surface area (Å²) in [5.41, 5.74) is 35.3. The van der Waals surface area contributed by atoms with Crippen LogP contribution in [0.2, 0.25) is 0 Å². The Morgan fingerprint density at radius 1 is 0.217 bits per heavy atom.